The van der Waals surface area contributed by atoms with Crippen molar-refractivity contribution in [3.05, 3.63) is 0 Å². The second kappa shape index (κ2) is 2.97. The van der Waals surface area contributed by atoms with Crippen LogP contribution in [0.3, 0.4) is 0 Å². The molecule has 1 heterocycles. The van der Waals surface area contributed by atoms with Gasteiger partial charge >= 0.3 is 12.0 Å². The molecule has 0 aliphatic carbocycles. The van der Waals surface area contributed by atoms with Crippen molar-refractivity contribution in [1.29, 1.82) is 0 Å². The predicted molar refractivity (Wildman–Crippen MR) is 37.7 cm³/mol. The van der Waals surface area contributed by atoms with Gasteiger partial charge in [-0.25, -0.2) is 0 Å². The summed E-state index contributed by atoms with van der Waals surface area (Å²) in [6.07, 6.45) is -3.62. The van der Waals surface area contributed by atoms with E-state index in [0.29, 0.717) is 0 Å². The van der Waals surface area contributed by atoms with Crippen molar-refractivity contribution in [1.82, 2.24) is 4.90 Å². The van der Waals surface area contributed by atoms with Gasteiger partial charge in [-0.05, 0) is 13.8 Å². The van der Waals surface area contributed by atoms with E-state index in [4.69, 9.17) is 0 Å². The molecule has 0 atom stereocenters. The lowest BCUT2D eigenvalue weighted by Gasteiger charge is -2.34. The molecule has 0 aromatic carbocycles. The van der Waals surface area contributed by atoms with Crippen LogP contribution < -0.4 is 0 Å². The average molecular weight is 179 g/mol. The van der Waals surface area contributed by atoms with E-state index in [0.717, 1.165) is 4.90 Å². The van der Waals surface area contributed by atoms with Crippen LogP contribution in [0.4, 0.5) is 8.78 Å². The number of alkyl halides is 2. The largest absolute Gasteiger partial charge is 0.436 e. The van der Waals surface area contributed by atoms with Crippen molar-refractivity contribution in [3.8, 4) is 0 Å². The van der Waals surface area contributed by atoms with Gasteiger partial charge in [0.15, 0.2) is 0 Å². The Morgan fingerprint density at radius 1 is 1.58 bits per heavy atom. The number of carbonyl (C=O) groups excluding carboxylic acids is 1. The molecule has 0 unspecified atom stereocenters. The summed E-state index contributed by atoms with van der Waals surface area (Å²) in [6, 6.07) is -0.202. The summed E-state index contributed by atoms with van der Waals surface area (Å²) in [5, 5.41) is 0. The first-order valence-electron chi connectivity index (χ1n) is 3.78. The van der Waals surface area contributed by atoms with Gasteiger partial charge in [0.1, 0.15) is 0 Å². The molecule has 1 fully saturated rings. The van der Waals surface area contributed by atoms with Gasteiger partial charge in [0.05, 0.1) is 6.61 Å². The van der Waals surface area contributed by atoms with Crippen LogP contribution in [0, 0.1) is 0 Å². The molecule has 3 nitrogen and oxygen atoms in total. The Labute approximate surface area is 69.3 Å². The monoisotopic (exact) mass is 179 g/mol. The van der Waals surface area contributed by atoms with Crippen LogP contribution in [-0.4, -0.2) is 36.1 Å². The van der Waals surface area contributed by atoms with Crippen molar-refractivity contribution in [2.75, 3.05) is 13.2 Å². The Kier molecular flexibility index (Phi) is 2.32. The minimum Gasteiger partial charge on any atom is -0.330 e. The maximum Gasteiger partial charge on any atom is 0.436 e. The maximum atomic E-state index is 12.6. The Hall–Kier alpha value is -0.710. The molecule has 5 heteroatoms. The first-order valence-corrected chi connectivity index (χ1v) is 3.78. The molecule has 0 spiro atoms. The van der Waals surface area contributed by atoms with Crippen LogP contribution in [0.15, 0.2) is 0 Å². The zero-order valence-corrected chi connectivity index (χ0v) is 7.01. The predicted octanol–water partition coefficient (Wildman–Crippen LogP) is 0.846. The highest BCUT2D eigenvalue weighted by Gasteiger charge is 2.47. The fourth-order valence-electron chi connectivity index (χ4n) is 1.10. The topological polar surface area (TPSA) is 29.5 Å². The number of hydrogen-bond acceptors (Lipinski definition) is 2. The van der Waals surface area contributed by atoms with E-state index in [9.17, 15) is 13.6 Å². The molecular formula is C7H11F2NO2. The second-order valence-electron chi connectivity index (χ2n) is 2.96. The zero-order valence-electron chi connectivity index (χ0n) is 7.01. The Bertz CT molecular complexity index is 194. The number of nitrogens with zero attached hydrogens (tertiary/aromatic N) is 1. The van der Waals surface area contributed by atoms with Crippen molar-refractivity contribution in [3.63, 3.8) is 0 Å². The Morgan fingerprint density at radius 3 is 2.58 bits per heavy atom. The molecule has 1 amide bonds. The van der Waals surface area contributed by atoms with E-state index in [1.165, 1.54) is 0 Å². The summed E-state index contributed by atoms with van der Waals surface area (Å²) in [5.41, 5.74) is 0. The van der Waals surface area contributed by atoms with Gasteiger partial charge in [0, 0.05) is 12.6 Å². The number of rotatable bonds is 1. The molecule has 1 rings (SSSR count). The van der Waals surface area contributed by atoms with Crippen LogP contribution in [-0.2, 0) is 9.53 Å². The molecule has 0 bridgehead atoms. The average Bonchev–Trinajstić information content (AvgIpc) is 1.94. The third-order valence-electron chi connectivity index (χ3n) is 1.75. The highest BCUT2D eigenvalue weighted by molar-refractivity contribution is 5.82. The summed E-state index contributed by atoms with van der Waals surface area (Å²) >= 11 is 0. The summed E-state index contributed by atoms with van der Waals surface area (Å²) in [6.45, 7) is 3.53. The standard InChI is InChI=1S/C7H11F2NO2/c1-5(2)10-3-4-12-7(8,9)6(10)11/h5H,3-4H2,1-2H3. The molecular weight excluding hydrogens is 168 g/mol. The number of morpholine rings is 1. The first-order chi connectivity index (χ1) is 5.45. The van der Waals surface area contributed by atoms with Gasteiger partial charge in [-0.3, -0.25) is 4.79 Å². The van der Waals surface area contributed by atoms with Gasteiger partial charge in [-0.2, -0.15) is 8.78 Å². The highest BCUT2D eigenvalue weighted by atomic mass is 19.3. The smallest absolute Gasteiger partial charge is 0.330 e. The van der Waals surface area contributed by atoms with Crippen molar-refractivity contribution < 1.29 is 18.3 Å². The molecule has 0 aromatic heterocycles. The Morgan fingerprint density at radius 2 is 2.17 bits per heavy atom. The third-order valence-corrected chi connectivity index (χ3v) is 1.75. The van der Waals surface area contributed by atoms with Gasteiger partial charge in [0.25, 0.3) is 0 Å². The Balaban J connectivity index is 2.73. The van der Waals surface area contributed by atoms with Crippen molar-refractivity contribution in [2.24, 2.45) is 0 Å². The molecule has 1 aliphatic rings. The van der Waals surface area contributed by atoms with Gasteiger partial charge in [-0.15, -0.1) is 0 Å². The summed E-state index contributed by atoms with van der Waals surface area (Å²) in [5.74, 6) is -1.23. The molecule has 0 saturated carbocycles. The number of halogens is 2. The number of carbonyl (C=O) groups is 1. The van der Waals surface area contributed by atoms with Crippen LogP contribution in [0.1, 0.15) is 13.8 Å². The van der Waals surface area contributed by atoms with Crippen molar-refractivity contribution in [2.45, 2.75) is 26.0 Å². The number of ether oxygens (including phenoxy) is 1. The third kappa shape index (κ3) is 1.55. The summed E-state index contributed by atoms with van der Waals surface area (Å²) < 4.78 is 29.2. The number of hydrogen-bond donors (Lipinski definition) is 0. The molecule has 1 aliphatic heterocycles. The van der Waals surface area contributed by atoms with Crippen molar-refractivity contribution >= 4 is 5.91 Å². The lowest BCUT2D eigenvalue weighted by atomic mass is 10.3. The lowest BCUT2D eigenvalue weighted by Crippen LogP contribution is -2.54. The minimum absolute atomic E-state index is 0.100. The van der Waals surface area contributed by atoms with E-state index in [-0.39, 0.29) is 19.2 Å². The van der Waals surface area contributed by atoms with E-state index >= 15 is 0 Å². The van der Waals surface area contributed by atoms with Gasteiger partial charge < -0.3 is 9.64 Å². The molecule has 12 heavy (non-hydrogen) atoms. The fourth-order valence-corrected chi connectivity index (χ4v) is 1.10. The van der Waals surface area contributed by atoms with E-state index in [1.807, 2.05) is 0 Å². The molecule has 0 radical (unpaired) electrons. The van der Waals surface area contributed by atoms with Gasteiger partial charge in [0.2, 0.25) is 0 Å². The molecule has 1 saturated heterocycles. The van der Waals surface area contributed by atoms with E-state index in [2.05, 4.69) is 4.74 Å². The lowest BCUT2D eigenvalue weighted by molar-refractivity contribution is -0.257. The summed E-state index contributed by atoms with van der Waals surface area (Å²) in [4.78, 5) is 12.1. The second-order valence-corrected chi connectivity index (χ2v) is 2.96. The molecule has 0 N–H and O–H groups in total. The SMILES string of the molecule is CC(C)N1CCOC(F)(F)C1=O. The normalized spacial score (nSPS) is 23.4. The fraction of sp³-hybridized carbons (Fsp3) is 0.857. The van der Waals surface area contributed by atoms with Crippen LogP contribution in [0.2, 0.25) is 0 Å². The van der Waals surface area contributed by atoms with Gasteiger partial charge in [-0.1, -0.05) is 0 Å². The quantitative estimate of drug-likeness (QED) is 0.597. The van der Waals surface area contributed by atoms with Crippen LogP contribution in [0.5, 0.6) is 0 Å². The molecule has 70 valence electrons. The van der Waals surface area contributed by atoms with Crippen LogP contribution in [0.25, 0.3) is 0 Å². The summed E-state index contributed by atoms with van der Waals surface area (Å²) in [7, 11) is 0. The first kappa shape index (κ1) is 9.38. The van der Waals surface area contributed by atoms with Crippen LogP contribution >= 0.6 is 0 Å². The minimum atomic E-state index is -3.62. The highest BCUT2D eigenvalue weighted by Crippen LogP contribution is 2.23. The maximum absolute atomic E-state index is 12.6. The zero-order chi connectivity index (χ0) is 9.35. The van der Waals surface area contributed by atoms with E-state index < -0.39 is 12.0 Å². The molecule has 0 aromatic rings. The number of amides is 1. The van der Waals surface area contributed by atoms with E-state index in [1.54, 1.807) is 13.8 Å².